The summed E-state index contributed by atoms with van der Waals surface area (Å²) in [5, 5.41) is 0. The molecule has 3 rings (SSSR count). The van der Waals surface area contributed by atoms with Gasteiger partial charge in [0.2, 0.25) is 0 Å². The van der Waals surface area contributed by atoms with Crippen LogP contribution in [0.4, 0.5) is 4.39 Å². The molecule has 114 valence electrons. The molecule has 1 fully saturated rings. The molecule has 21 heavy (non-hydrogen) atoms. The summed E-state index contributed by atoms with van der Waals surface area (Å²) in [6.07, 6.45) is 7.13. The van der Waals surface area contributed by atoms with Gasteiger partial charge in [0.1, 0.15) is 11.6 Å². The average Bonchev–Trinajstić information content (AvgIpc) is 3.06. The van der Waals surface area contributed by atoms with Crippen LogP contribution >= 0.6 is 11.6 Å². The molecular formula is C17H22ClFN2. The molecule has 0 spiro atoms. The van der Waals surface area contributed by atoms with Crippen LogP contribution in [0.3, 0.4) is 0 Å². The van der Waals surface area contributed by atoms with Gasteiger partial charge in [0, 0.05) is 24.9 Å². The first kappa shape index (κ1) is 14.8. The largest absolute Gasteiger partial charge is 0.327 e. The van der Waals surface area contributed by atoms with E-state index in [9.17, 15) is 4.39 Å². The number of benzene rings is 1. The Morgan fingerprint density at radius 1 is 1.33 bits per heavy atom. The second kappa shape index (κ2) is 5.96. The minimum absolute atomic E-state index is 0.226. The molecule has 1 aromatic carbocycles. The SMILES string of the molecule is CCC1(Cn2c(CCCl)nc3cc(F)ccc32)CCCC1. The van der Waals surface area contributed by atoms with Crippen LogP contribution in [0.2, 0.25) is 0 Å². The third-order valence-corrected chi connectivity index (χ3v) is 5.20. The van der Waals surface area contributed by atoms with Gasteiger partial charge in [0.25, 0.3) is 0 Å². The van der Waals surface area contributed by atoms with Crippen molar-refractivity contribution in [1.29, 1.82) is 0 Å². The van der Waals surface area contributed by atoms with Gasteiger partial charge in [-0.15, -0.1) is 11.6 Å². The van der Waals surface area contributed by atoms with Gasteiger partial charge in [-0.2, -0.15) is 0 Å². The molecule has 0 N–H and O–H groups in total. The first-order chi connectivity index (χ1) is 10.2. The monoisotopic (exact) mass is 308 g/mol. The summed E-state index contributed by atoms with van der Waals surface area (Å²) < 4.78 is 15.7. The van der Waals surface area contributed by atoms with E-state index in [0.29, 0.717) is 11.3 Å². The van der Waals surface area contributed by atoms with Crippen LogP contribution in [0.1, 0.15) is 44.9 Å². The summed E-state index contributed by atoms with van der Waals surface area (Å²) in [6, 6.07) is 4.91. The van der Waals surface area contributed by atoms with Gasteiger partial charge in [0.05, 0.1) is 11.0 Å². The molecule has 0 saturated heterocycles. The minimum atomic E-state index is -0.226. The topological polar surface area (TPSA) is 17.8 Å². The van der Waals surface area contributed by atoms with E-state index < -0.39 is 0 Å². The summed E-state index contributed by atoms with van der Waals surface area (Å²) in [7, 11) is 0. The maximum atomic E-state index is 13.4. The Kier molecular flexibility index (Phi) is 4.21. The fourth-order valence-corrected chi connectivity index (χ4v) is 3.86. The molecule has 1 saturated carbocycles. The standard InChI is InChI=1S/C17H22ClFN2/c1-2-17(8-3-4-9-17)12-21-15-6-5-13(19)11-14(15)20-16(21)7-10-18/h5-6,11H,2-4,7-10,12H2,1H3. The quantitative estimate of drug-likeness (QED) is 0.716. The Bertz CT molecular complexity index is 629. The van der Waals surface area contributed by atoms with Gasteiger partial charge in [-0.05, 0) is 36.8 Å². The number of hydrogen-bond donors (Lipinski definition) is 0. The van der Waals surface area contributed by atoms with Crippen LogP contribution in [0.5, 0.6) is 0 Å². The van der Waals surface area contributed by atoms with E-state index in [1.54, 1.807) is 0 Å². The summed E-state index contributed by atoms with van der Waals surface area (Å²) >= 11 is 5.92. The number of aromatic nitrogens is 2. The number of fused-ring (bicyclic) bond motifs is 1. The van der Waals surface area contributed by atoms with Crippen LogP contribution in [0, 0.1) is 11.2 Å². The van der Waals surface area contributed by atoms with E-state index in [4.69, 9.17) is 11.6 Å². The van der Waals surface area contributed by atoms with Crippen molar-refractivity contribution in [2.45, 2.75) is 52.0 Å². The lowest BCUT2D eigenvalue weighted by Crippen LogP contribution is -2.24. The number of aryl methyl sites for hydroxylation is 1. The zero-order valence-electron chi connectivity index (χ0n) is 12.5. The number of alkyl halides is 1. The van der Waals surface area contributed by atoms with E-state index in [0.717, 1.165) is 29.8 Å². The average molecular weight is 309 g/mol. The van der Waals surface area contributed by atoms with Crippen molar-refractivity contribution in [3.63, 3.8) is 0 Å². The van der Waals surface area contributed by atoms with Crippen LogP contribution in [0.15, 0.2) is 18.2 Å². The molecule has 1 aliphatic carbocycles. The maximum absolute atomic E-state index is 13.4. The predicted molar refractivity (Wildman–Crippen MR) is 85.3 cm³/mol. The third-order valence-electron chi connectivity index (χ3n) is 5.02. The molecule has 1 aliphatic rings. The van der Waals surface area contributed by atoms with E-state index in [2.05, 4.69) is 16.5 Å². The lowest BCUT2D eigenvalue weighted by molar-refractivity contribution is 0.238. The zero-order valence-corrected chi connectivity index (χ0v) is 13.3. The van der Waals surface area contributed by atoms with E-state index in [1.165, 1.54) is 44.2 Å². The first-order valence-corrected chi connectivity index (χ1v) is 8.41. The molecule has 0 aliphatic heterocycles. The lowest BCUT2D eigenvalue weighted by Gasteiger charge is -2.29. The van der Waals surface area contributed by atoms with Gasteiger partial charge in [-0.3, -0.25) is 0 Å². The predicted octanol–water partition coefficient (Wildman–Crippen LogP) is 4.93. The normalized spacial score (nSPS) is 17.7. The van der Waals surface area contributed by atoms with E-state index >= 15 is 0 Å². The highest BCUT2D eigenvalue weighted by molar-refractivity contribution is 6.17. The molecule has 0 unspecified atom stereocenters. The number of rotatable bonds is 5. The Morgan fingerprint density at radius 2 is 2.10 bits per heavy atom. The molecule has 4 heteroatoms. The highest BCUT2D eigenvalue weighted by Gasteiger charge is 2.33. The minimum Gasteiger partial charge on any atom is -0.327 e. The summed E-state index contributed by atoms with van der Waals surface area (Å²) in [6.45, 7) is 3.27. The number of nitrogens with zero attached hydrogens (tertiary/aromatic N) is 2. The first-order valence-electron chi connectivity index (χ1n) is 7.88. The van der Waals surface area contributed by atoms with Crippen molar-refractivity contribution in [3.05, 3.63) is 29.8 Å². The van der Waals surface area contributed by atoms with Crippen LogP contribution in [-0.4, -0.2) is 15.4 Å². The molecule has 2 nitrogen and oxygen atoms in total. The smallest absolute Gasteiger partial charge is 0.125 e. The maximum Gasteiger partial charge on any atom is 0.125 e. The van der Waals surface area contributed by atoms with Crippen molar-refractivity contribution in [2.75, 3.05) is 5.88 Å². The number of hydrogen-bond acceptors (Lipinski definition) is 1. The zero-order chi connectivity index (χ0) is 14.9. The van der Waals surface area contributed by atoms with Crippen molar-refractivity contribution < 1.29 is 4.39 Å². The van der Waals surface area contributed by atoms with Crippen molar-refractivity contribution in [3.8, 4) is 0 Å². The molecule has 2 aromatic rings. The molecule has 0 bridgehead atoms. The van der Waals surface area contributed by atoms with Crippen molar-refractivity contribution >= 4 is 22.6 Å². The highest BCUT2D eigenvalue weighted by atomic mass is 35.5. The molecule has 0 amide bonds. The summed E-state index contributed by atoms with van der Waals surface area (Å²) in [5.41, 5.74) is 2.17. The van der Waals surface area contributed by atoms with E-state index in [-0.39, 0.29) is 5.82 Å². The molecule has 0 atom stereocenters. The van der Waals surface area contributed by atoms with Gasteiger partial charge in [-0.25, -0.2) is 9.37 Å². The number of halogens is 2. The molecule has 1 aromatic heterocycles. The summed E-state index contributed by atoms with van der Waals surface area (Å²) in [4.78, 5) is 4.61. The van der Waals surface area contributed by atoms with Crippen LogP contribution in [-0.2, 0) is 13.0 Å². The van der Waals surface area contributed by atoms with Gasteiger partial charge < -0.3 is 4.57 Å². The highest BCUT2D eigenvalue weighted by Crippen LogP contribution is 2.43. The second-order valence-corrected chi connectivity index (χ2v) is 6.62. The van der Waals surface area contributed by atoms with Crippen molar-refractivity contribution in [1.82, 2.24) is 9.55 Å². The van der Waals surface area contributed by atoms with Gasteiger partial charge in [0.15, 0.2) is 0 Å². The van der Waals surface area contributed by atoms with E-state index in [1.807, 2.05) is 6.07 Å². The third kappa shape index (κ3) is 2.80. The van der Waals surface area contributed by atoms with Gasteiger partial charge in [-0.1, -0.05) is 19.8 Å². The Balaban J connectivity index is 2.04. The molecule has 0 radical (unpaired) electrons. The number of imidazole rings is 1. The van der Waals surface area contributed by atoms with Crippen LogP contribution < -0.4 is 0 Å². The fourth-order valence-electron chi connectivity index (χ4n) is 3.69. The molecule has 1 heterocycles. The second-order valence-electron chi connectivity index (χ2n) is 6.25. The molecular weight excluding hydrogens is 287 g/mol. The fraction of sp³-hybridized carbons (Fsp3) is 0.588. The Labute approximate surface area is 130 Å². The van der Waals surface area contributed by atoms with Crippen molar-refractivity contribution in [2.24, 2.45) is 5.41 Å². The Hall–Kier alpha value is -1.09. The summed E-state index contributed by atoms with van der Waals surface area (Å²) in [5.74, 6) is 1.31. The Morgan fingerprint density at radius 3 is 2.76 bits per heavy atom. The van der Waals surface area contributed by atoms with Crippen LogP contribution in [0.25, 0.3) is 11.0 Å². The van der Waals surface area contributed by atoms with Gasteiger partial charge >= 0.3 is 0 Å². The lowest BCUT2D eigenvalue weighted by atomic mass is 9.83.